The highest BCUT2D eigenvalue weighted by molar-refractivity contribution is 7.89. The Morgan fingerprint density at radius 1 is 1.07 bits per heavy atom. The summed E-state index contributed by atoms with van der Waals surface area (Å²) in [4.78, 5) is 30.6. The van der Waals surface area contributed by atoms with Crippen molar-refractivity contribution in [2.75, 3.05) is 11.4 Å². The minimum absolute atomic E-state index is 0.0302. The minimum atomic E-state index is -4.22. The molecule has 3 N–H and O–H groups in total. The molecule has 0 unspecified atom stereocenters. The zero-order chi connectivity index (χ0) is 31.5. The standard InChI is InChI=1S/C33H33FN4O5S2/c34-26-12-20(6-9-30(26)45(35,42)43)17-38-28(16-25(29(38)13-19-4-5-19)32-36-27(18-44-32)33(40)41)23-2-1-3-24(14-23)37-11-10-22(15-31(37)39)21-7-8-21/h1-3,6,9,12,14,16,18-19,21-22H,4-5,7-8,10-11,13,15,17H2,(H,40,41)(H2,35,42,43)/t22-/m1/s1. The average molecular weight is 649 g/mol. The van der Waals surface area contributed by atoms with Gasteiger partial charge in [0.15, 0.2) is 5.69 Å². The van der Waals surface area contributed by atoms with Crippen LogP contribution < -0.4 is 10.0 Å². The number of halogens is 1. The van der Waals surface area contributed by atoms with E-state index in [0.29, 0.717) is 41.3 Å². The molecule has 2 saturated carbocycles. The van der Waals surface area contributed by atoms with E-state index in [1.807, 2.05) is 35.2 Å². The third-order valence-corrected chi connectivity index (χ3v) is 11.0. The number of sulfonamides is 1. The van der Waals surface area contributed by atoms with Crippen molar-refractivity contribution in [2.24, 2.45) is 22.9 Å². The third kappa shape index (κ3) is 6.18. The SMILES string of the molecule is NS(=O)(=O)c1ccc(Cn2c(-c3cccc(N4CC[C@@H](C5CC5)CC4=O)c3)cc(-c3nc(C(=O)O)cs3)c2CC2CC2)cc1F. The number of rotatable bonds is 10. The van der Waals surface area contributed by atoms with Gasteiger partial charge < -0.3 is 14.6 Å². The lowest BCUT2D eigenvalue weighted by Gasteiger charge is -2.32. The number of nitrogens with zero attached hydrogens (tertiary/aromatic N) is 3. The van der Waals surface area contributed by atoms with Gasteiger partial charge in [-0.25, -0.2) is 27.7 Å². The van der Waals surface area contributed by atoms with Crippen molar-refractivity contribution >= 4 is 38.9 Å². The number of carboxylic acids is 1. The number of primary sulfonamides is 1. The second kappa shape index (κ2) is 11.5. The van der Waals surface area contributed by atoms with Crippen molar-refractivity contribution < 1.29 is 27.5 Å². The lowest BCUT2D eigenvalue weighted by atomic mass is 9.91. The van der Waals surface area contributed by atoms with Gasteiger partial charge in [0.2, 0.25) is 15.9 Å². The Morgan fingerprint density at radius 2 is 1.87 bits per heavy atom. The molecule has 2 aromatic heterocycles. The summed E-state index contributed by atoms with van der Waals surface area (Å²) < 4.78 is 40.7. The number of hydrogen-bond acceptors (Lipinski definition) is 6. The molecule has 1 amide bonds. The normalized spacial score (nSPS) is 18.8. The molecule has 12 heteroatoms. The lowest BCUT2D eigenvalue weighted by molar-refractivity contribution is -0.120. The smallest absolute Gasteiger partial charge is 0.355 e. The maximum Gasteiger partial charge on any atom is 0.355 e. The van der Waals surface area contributed by atoms with E-state index in [9.17, 15) is 27.5 Å². The van der Waals surface area contributed by atoms with Crippen LogP contribution in [0.25, 0.3) is 21.8 Å². The Labute approximate surface area is 264 Å². The van der Waals surface area contributed by atoms with Gasteiger partial charge in [-0.2, -0.15) is 0 Å². The van der Waals surface area contributed by atoms with Gasteiger partial charge >= 0.3 is 5.97 Å². The van der Waals surface area contributed by atoms with Crippen LogP contribution in [-0.2, 0) is 27.8 Å². The summed E-state index contributed by atoms with van der Waals surface area (Å²) in [6, 6.07) is 13.8. The summed E-state index contributed by atoms with van der Waals surface area (Å²) in [5.41, 5.74) is 4.74. The number of carboxylic acid groups (broad SMARTS) is 1. The summed E-state index contributed by atoms with van der Waals surface area (Å²) in [5.74, 6) is -0.275. The molecule has 3 fully saturated rings. The Balaban J connectivity index is 1.32. The number of hydrogen-bond donors (Lipinski definition) is 2. The summed E-state index contributed by atoms with van der Waals surface area (Å²) in [5, 5.41) is 16.9. The van der Waals surface area contributed by atoms with Gasteiger partial charge in [-0.15, -0.1) is 11.3 Å². The number of benzene rings is 2. The van der Waals surface area contributed by atoms with Gasteiger partial charge in [0.25, 0.3) is 0 Å². The first-order chi connectivity index (χ1) is 21.5. The Morgan fingerprint density at radius 3 is 2.51 bits per heavy atom. The van der Waals surface area contributed by atoms with E-state index in [4.69, 9.17) is 5.14 Å². The van der Waals surface area contributed by atoms with Crippen molar-refractivity contribution in [3.8, 4) is 21.8 Å². The van der Waals surface area contributed by atoms with Crippen LogP contribution >= 0.6 is 11.3 Å². The van der Waals surface area contributed by atoms with Crippen LogP contribution in [0.3, 0.4) is 0 Å². The molecule has 3 aliphatic rings. The van der Waals surface area contributed by atoms with E-state index in [1.54, 1.807) is 6.07 Å². The highest BCUT2D eigenvalue weighted by Crippen LogP contribution is 2.44. The fourth-order valence-corrected chi connectivity index (χ4v) is 7.91. The summed E-state index contributed by atoms with van der Waals surface area (Å²) in [6.45, 7) is 0.904. The Bertz CT molecular complexity index is 1930. The third-order valence-electron chi connectivity index (χ3n) is 9.19. The zero-order valence-electron chi connectivity index (χ0n) is 24.5. The highest BCUT2D eigenvalue weighted by atomic mass is 32.2. The van der Waals surface area contributed by atoms with Crippen LogP contribution in [0.5, 0.6) is 0 Å². The molecule has 234 valence electrons. The van der Waals surface area contributed by atoms with Crippen molar-refractivity contribution in [2.45, 2.75) is 56.4 Å². The van der Waals surface area contributed by atoms with Gasteiger partial charge in [0, 0.05) is 53.1 Å². The first-order valence-electron chi connectivity index (χ1n) is 15.2. The van der Waals surface area contributed by atoms with Gasteiger partial charge in [-0.3, -0.25) is 4.79 Å². The van der Waals surface area contributed by atoms with Crippen LogP contribution in [0.4, 0.5) is 10.1 Å². The number of thiazole rings is 1. The van der Waals surface area contributed by atoms with E-state index >= 15 is 0 Å². The number of aromatic carboxylic acids is 1. The van der Waals surface area contributed by atoms with Crippen molar-refractivity contribution in [3.63, 3.8) is 0 Å². The topological polar surface area (TPSA) is 136 Å². The van der Waals surface area contributed by atoms with Gasteiger partial charge in [-0.1, -0.05) is 18.2 Å². The number of carbonyl (C=O) groups excluding carboxylic acids is 1. The van der Waals surface area contributed by atoms with E-state index in [0.717, 1.165) is 53.9 Å². The second-order valence-electron chi connectivity index (χ2n) is 12.5. The van der Waals surface area contributed by atoms with Crippen molar-refractivity contribution in [1.82, 2.24) is 9.55 Å². The molecular formula is C33H33FN4O5S2. The quantitative estimate of drug-likeness (QED) is 0.219. The number of anilines is 1. The molecule has 7 rings (SSSR count). The molecular weight excluding hydrogens is 616 g/mol. The number of amides is 1. The van der Waals surface area contributed by atoms with Crippen molar-refractivity contribution in [1.29, 1.82) is 0 Å². The molecule has 0 radical (unpaired) electrons. The molecule has 1 saturated heterocycles. The Hall–Kier alpha value is -3.87. The molecule has 0 bridgehead atoms. The first kappa shape index (κ1) is 29.8. The second-order valence-corrected chi connectivity index (χ2v) is 14.9. The Kier molecular flexibility index (Phi) is 7.61. The minimum Gasteiger partial charge on any atom is -0.476 e. The summed E-state index contributed by atoms with van der Waals surface area (Å²) in [6.07, 6.45) is 6.87. The van der Waals surface area contributed by atoms with E-state index in [-0.39, 0.29) is 18.1 Å². The molecule has 0 spiro atoms. The molecule has 2 aromatic carbocycles. The molecule has 4 aromatic rings. The van der Waals surface area contributed by atoms with E-state index < -0.39 is 26.7 Å². The van der Waals surface area contributed by atoms with Gasteiger partial charge in [-0.05, 0) is 92.2 Å². The van der Waals surface area contributed by atoms with Crippen LogP contribution in [0.2, 0.25) is 0 Å². The number of piperidine rings is 1. The predicted molar refractivity (Wildman–Crippen MR) is 169 cm³/mol. The molecule has 1 atom stereocenters. The summed E-state index contributed by atoms with van der Waals surface area (Å²) in [7, 11) is -4.22. The maximum atomic E-state index is 14.9. The van der Waals surface area contributed by atoms with Crippen molar-refractivity contribution in [3.05, 3.63) is 76.7 Å². The number of aromatic nitrogens is 2. The molecule has 1 aliphatic heterocycles. The van der Waals surface area contributed by atoms with Crippen LogP contribution in [0.15, 0.2) is 58.8 Å². The fourth-order valence-electron chi connectivity index (χ4n) is 6.49. The first-order valence-corrected chi connectivity index (χ1v) is 17.6. The summed E-state index contributed by atoms with van der Waals surface area (Å²) >= 11 is 1.26. The number of nitrogens with two attached hydrogens (primary N) is 1. The zero-order valence-corrected chi connectivity index (χ0v) is 26.1. The largest absolute Gasteiger partial charge is 0.476 e. The van der Waals surface area contributed by atoms with Crippen LogP contribution in [0.1, 0.15) is 60.3 Å². The monoisotopic (exact) mass is 648 g/mol. The maximum absolute atomic E-state index is 14.9. The molecule has 45 heavy (non-hydrogen) atoms. The van der Waals surface area contributed by atoms with Crippen LogP contribution in [-0.4, -0.2) is 41.5 Å². The average Bonchev–Trinajstić information content (AvgIpc) is 3.92. The molecule has 3 heterocycles. The lowest BCUT2D eigenvalue weighted by Crippen LogP contribution is -2.39. The van der Waals surface area contributed by atoms with Gasteiger partial charge in [0.1, 0.15) is 15.7 Å². The van der Waals surface area contributed by atoms with E-state index in [1.165, 1.54) is 41.7 Å². The highest BCUT2D eigenvalue weighted by Gasteiger charge is 2.37. The molecule has 9 nitrogen and oxygen atoms in total. The van der Waals surface area contributed by atoms with Crippen LogP contribution in [0, 0.1) is 23.6 Å². The van der Waals surface area contributed by atoms with E-state index in [2.05, 4.69) is 9.55 Å². The number of carbonyl (C=O) groups is 2. The van der Waals surface area contributed by atoms with Gasteiger partial charge in [0.05, 0.1) is 0 Å². The fraction of sp³-hybridized carbons (Fsp3) is 0.364. The molecule has 2 aliphatic carbocycles. The predicted octanol–water partition coefficient (Wildman–Crippen LogP) is 5.92.